The second-order valence-corrected chi connectivity index (χ2v) is 6.62. The van der Waals surface area contributed by atoms with Gasteiger partial charge in [-0.1, -0.05) is 6.42 Å². The number of hydrogen-bond acceptors (Lipinski definition) is 5. The van der Waals surface area contributed by atoms with E-state index in [0.29, 0.717) is 17.7 Å². The summed E-state index contributed by atoms with van der Waals surface area (Å²) in [7, 11) is 0. The SMILES string of the molecule is N=C(OC(CS)CN1CCCCC1)C1CCC(N)CC1. The number of nitrogens with one attached hydrogen (secondary N) is 1. The van der Waals surface area contributed by atoms with Crippen molar-refractivity contribution < 1.29 is 4.74 Å². The number of likely N-dealkylation sites (tertiary alicyclic amines) is 1. The average molecular weight is 299 g/mol. The van der Waals surface area contributed by atoms with Crippen molar-refractivity contribution in [1.29, 1.82) is 5.41 Å². The van der Waals surface area contributed by atoms with Crippen LogP contribution in [-0.2, 0) is 4.74 Å². The molecule has 2 fully saturated rings. The molecule has 0 aromatic carbocycles. The van der Waals surface area contributed by atoms with E-state index in [2.05, 4.69) is 17.5 Å². The maximum atomic E-state index is 8.18. The zero-order valence-corrected chi connectivity index (χ0v) is 13.3. The second kappa shape index (κ2) is 8.25. The van der Waals surface area contributed by atoms with Gasteiger partial charge in [0.05, 0.1) is 0 Å². The Bertz CT molecular complexity index is 299. The summed E-state index contributed by atoms with van der Waals surface area (Å²) in [4.78, 5) is 2.45. The van der Waals surface area contributed by atoms with E-state index in [-0.39, 0.29) is 12.0 Å². The van der Waals surface area contributed by atoms with Gasteiger partial charge >= 0.3 is 0 Å². The van der Waals surface area contributed by atoms with Gasteiger partial charge in [0, 0.05) is 24.3 Å². The predicted molar refractivity (Wildman–Crippen MR) is 86.7 cm³/mol. The van der Waals surface area contributed by atoms with Crippen LogP contribution >= 0.6 is 12.6 Å². The van der Waals surface area contributed by atoms with Crippen LogP contribution in [0.15, 0.2) is 0 Å². The third-order valence-electron chi connectivity index (χ3n) is 4.55. The highest BCUT2D eigenvalue weighted by Crippen LogP contribution is 2.25. The summed E-state index contributed by atoms with van der Waals surface area (Å²) in [5.74, 6) is 1.43. The lowest BCUT2D eigenvalue weighted by Crippen LogP contribution is -2.40. The molecule has 2 rings (SSSR count). The Hall–Kier alpha value is -0.260. The lowest BCUT2D eigenvalue weighted by molar-refractivity contribution is 0.115. The molecule has 2 aliphatic rings. The van der Waals surface area contributed by atoms with Crippen LogP contribution in [0.1, 0.15) is 44.9 Å². The minimum Gasteiger partial charge on any atom is -0.475 e. The zero-order chi connectivity index (χ0) is 14.4. The molecule has 20 heavy (non-hydrogen) atoms. The number of hydrogen-bond donors (Lipinski definition) is 3. The van der Waals surface area contributed by atoms with Crippen molar-refractivity contribution in [3.63, 3.8) is 0 Å². The van der Waals surface area contributed by atoms with Crippen molar-refractivity contribution in [3.05, 3.63) is 0 Å². The highest BCUT2D eigenvalue weighted by Gasteiger charge is 2.25. The van der Waals surface area contributed by atoms with E-state index in [1.165, 1.54) is 32.4 Å². The molecular formula is C15H29N3OS. The van der Waals surface area contributed by atoms with Gasteiger partial charge in [-0.3, -0.25) is 10.3 Å². The van der Waals surface area contributed by atoms with Gasteiger partial charge < -0.3 is 10.5 Å². The smallest absolute Gasteiger partial charge is 0.183 e. The Morgan fingerprint density at radius 2 is 1.85 bits per heavy atom. The van der Waals surface area contributed by atoms with Crippen LogP contribution in [0, 0.1) is 11.3 Å². The Morgan fingerprint density at radius 3 is 2.45 bits per heavy atom. The zero-order valence-electron chi connectivity index (χ0n) is 12.4. The summed E-state index contributed by atoms with van der Waals surface area (Å²) in [6.07, 6.45) is 8.03. The average Bonchev–Trinajstić information content (AvgIpc) is 2.48. The monoisotopic (exact) mass is 299 g/mol. The molecule has 0 radical (unpaired) electrons. The van der Waals surface area contributed by atoms with Crippen molar-refractivity contribution in [1.82, 2.24) is 4.90 Å². The number of piperidine rings is 1. The fourth-order valence-electron chi connectivity index (χ4n) is 3.22. The molecule has 1 saturated heterocycles. The van der Waals surface area contributed by atoms with Crippen LogP contribution in [0.5, 0.6) is 0 Å². The number of thiol groups is 1. The molecule has 116 valence electrons. The van der Waals surface area contributed by atoms with Gasteiger partial charge in [-0.05, 0) is 51.6 Å². The van der Waals surface area contributed by atoms with E-state index in [1.807, 2.05) is 0 Å². The highest BCUT2D eigenvalue weighted by molar-refractivity contribution is 7.80. The van der Waals surface area contributed by atoms with Gasteiger partial charge in [0.15, 0.2) is 5.90 Å². The third-order valence-corrected chi connectivity index (χ3v) is 4.96. The first-order valence-electron chi connectivity index (χ1n) is 8.03. The van der Waals surface area contributed by atoms with Gasteiger partial charge in [0.1, 0.15) is 6.10 Å². The fraction of sp³-hybridized carbons (Fsp3) is 0.933. The fourth-order valence-corrected chi connectivity index (χ4v) is 3.41. The molecular weight excluding hydrogens is 270 g/mol. The summed E-state index contributed by atoms with van der Waals surface area (Å²) in [6.45, 7) is 3.25. The van der Waals surface area contributed by atoms with E-state index in [9.17, 15) is 0 Å². The van der Waals surface area contributed by atoms with Gasteiger partial charge in [-0.25, -0.2) is 0 Å². The van der Waals surface area contributed by atoms with Crippen molar-refractivity contribution >= 4 is 18.5 Å². The summed E-state index contributed by atoms with van der Waals surface area (Å²) >= 11 is 4.40. The Labute approximate surface area is 128 Å². The van der Waals surface area contributed by atoms with Crippen molar-refractivity contribution in [3.8, 4) is 0 Å². The topological polar surface area (TPSA) is 62.3 Å². The van der Waals surface area contributed by atoms with Crippen LogP contribution in [0.2, 0.25) is 0 Å². The molecule has 1 aliphatic heterocycles. The number of nitrogens with zero attached hydrogens (tertiary/aromatic N) is 1. The molecule has 1 unspecified atom stereocenters. The first-order chi connectivity index (χ1) is 9.69. The Kier molecular flexibility index (Phi) is 6.65. The summed E-state index contributed by atoms with van der Waals surface area (Å²) in [5.41, 5.74) is 5.92. The molecule has 1 heterocycles. The molecule has 1 atom stereocenters. The molecule has 0 amide bonds. The number of nitrogens with two attached hydrogens (primary N) is 1. The molecule has 5 heteroatoms. The van der Waals surface area contributed by atoms with E-state index < -0.39 is 0 Å². The van der Waals surface area contributed by atoms with E-state index in [4.69, 9.17) is 15.9 Å². The third kappa shape index (κ3) is 4.93. The molecule has 1 aliphatic carbocycles. The molecule has 0 aromatic heterocycles. The lowest BCUT2D eigenvalue weighted by atomic mass is 9.86. The van der Waals surface area contributed by atoms with Crippen molar-refractivity contribution in [2.24, 2.45) is 11.7 Å². The Morgan fingerprint density at radius 1 is 1.20 bits per heavy atom. The number of rotatable bonds is 5. The maximum absolute atomic E-state index is 8.18. The van der Waals surface area contributed by atoms with Crippen LogP contribution in [0.4, 0.5) is 0 Å². The predicted octanol–water partition coefficient (Wildman–Crippen LogP) is 2.28. The van der Waals surface area contributed by atoms with Crippen LogP contribution in [-0.4, -0.2) is 48.3 Å². The van der Waals surface area contributed by atoms with Crippen molar-refractivity contribution in [2.75, 3.05) is 25.4 Å². The lowest BCUT2D eigenvalue weighted by Gasteiger charge is -2.32. The van der Waals surface area contributed by atoms with Crippen LogP contribution in [0.25, 0.3) is 0 Å². The quantitative estimate of drug-likeness (QED) is 0.415. The summed E-state index contributed by atoms with van der Waals surface area (Å²) in [6, 6.07) is 0.327. The molecule has 3 N–H and O–H groups in total. The minimum atomic E-state index is 0.0551. The second-order valence-electron chi connectivity index (χ2n) is 6.26. The molecule has 0 aromatic rings. The number of ether oxygens (including phenoxy) is 1. The van der Waals surface area contributed by atoms with E-state index in [0.717, 1.165) is 32.2 Å². The van der Waals surface area contributed by atoms with E-state index in [1.54, 1.807) is 0 Å². The van der Waals surface area contributed by atoms with Crippen LogP contribution in [0.3, 0.4) is 0 Å². The summed E-state index contributed by atoms with van der Waals surface area (Å²) < 4.78 is 5.90. The van der Waals surface area contributed by atoms with Crippen molar-refractivity contribution in [2.45, 2.75) is 57.1 Å². The van der Waals surface area contributed by atoms with Gasteiger partial charge in [-0.15, -0.1) is 0 Å². The first-order valence-corrected chi connectivity index (χ1v) is 8.66. The standard InChI is InChI=1S/C15H29N3OS/c16-13-6-4-12(5-7-13)15(17)19-14(11-20)10-18-8-2-1-3-9-18/h12-14,17,20H,1-11,16H2. The minimum absolute atomic E-state index is 0.0551. The molecule has 0 bridgehead atoms. The van der Waals surface area contributed by atoms with Gasteiger partial charge in [0.2, 0.25) is 0 Å². The largest absolute Gasteiger partial charge is 0.475 e. The highest BCUT2D eigenvalue weighted by atomic mass is 32.1. The molecule has 4 nitrogen and oxygen atoms in total. The Balaban J connectivity index is 1.75. The maximum Gasteiger partial charge on any atom is 0.183 e. The van der Waals surface area contributed by atoms with E-state index >= 15 is 0 Å². The first kappa shape index (κ1) is 16.1. The van der Waals surface area contributed by atoms with Gasteiger partial charge in [0.25, 0.3) is 0 Å². The summed E-state index contributed by atoms with van der Waals surface area (Å²) in [5, 5.41) is 8.18. The van der Waals surface area contributed by atoms with Gasteiger partial charge in [-0.2, -0.15) is 12.6 Å². The molecule has 1 saturated carbocycles. The normalized spacial score (nSPS) is 29.9. The molecule has 0 spiro atoms. The van der Waals surface area contributed by atoms with Crippen LogP contribution < -0.4 is 5.73 Å².